The molecule has 0 aliphatic heterocycles. The molecule has 1 unspecified atom stereocenters. The van der Waals surface area contributed by atoms with Crippen LogP contribution in [0.4, 0.5) is 4.79 Å². The van der Waals surface area contributed by atoms with Crippen LogP contribution in [0, 0.1) is 11.8 Å². The van der Waals surface area contributed by atoms with Crippen molar-refractivity contribution in [3.05, 3.63) is 35.9 Å². The van der Waals surface area contributed by atoms with E-state index in [2.05, 4.69) is 0 Å². The number of hydrogen-bond acceptors (Lipinski definition) is 6. The highest BCUT2D eigenvalue weighted by atomic mass is 17.2. The topological polar surface area (TPSA) is 82.1 Å². The SMILES string of the molecule is CC(C)C[C@@](C(=O)OOCc1ccccc1)(C(C)C=O)N(C)C(=O)OC(C)(C)C. The number of carbonyl (C=O) groups excluding carboxylic acids is 3. The first-order valence-electron chi connectivity index (χ1n) is 9.74. The van der Waals surface area contributed by atoms with Gasteiger partial charge >= 0.3 is 12.1 Å². The molecule has 2 atom stereocenters. The Morgan fingerprint density at radius 2 is 1.69 bits per heavy atom. The van der Waals surface area contributed by atoms with Gasteiger partial charge in [0.05, 0.1) is 0 Å². The molecule has 0 N–H and O–H groups in total. The van der Waals surface area contributed by atoms with E-state index in [0.29, 0.717) is 6.29 Å². The monoisotopic (exact) mass is 407 g/mol. The molecule has 0 aliphatic carbocycles. The molecule has 0 fully saturated rings. The molecular weight excluding hydrogens is 374 g/mol. The van der Waals surface area contributed by atoms with E-state index in [1.165, 1.54) is 7.05 Å². The van der Waals surface area contributed by atoms with Gasteiger partial charge < -0.3 is 9.53 Å². The third kappa shape index (κ3) is 6.85. The first-order chi connectivity index (χ1) is 13.4. The van der Waals surface area contributed by atoms with Gasteiger partial charge in [0.25, 0.3) is 0 Å². The third-order valence-electron chi connectivity index (χ3n) is 4.50. The Labute approximate surface area is 173 Å². The Morgan fingerprint density at radius 1 is 1.10 bits per heavy atom. The third-order valence-corrected chi connectivity index (χ3v) is 4.50. The van der Waals surface area contributed by atoms with Gasteiger partial charge in [0.15, 0.2) is 5.54 Å². The smallest absolute Gasteiger partial charge is 0.411 e. The molecule has 1 aromatic rings. The minimum atomic E-state index is -1.56. The molecule has 0 aliphatic rings. The van der Waals surface area contributed by atoms with Crippen LogP contribution < -0.4 is 0 Å². The van der Waals surface area contributed by atoms with Gasteiger partial charge in [-0.15, -0.1) is 0 Å². The molecule has 1 aromatic carbocycles. The van der Waals surface area contributed by atoms with Crippen LogP contribution in [0.5, 0.6) is 0 Å². The molecule has 0 bridgehead atoms. The summed E-state index contributed by atoms with van der Waals surface area (Å²) in [5, 5.41) is 0. The summed E-state index contributed by atoms with van der Waals surface area (Å²) in [7, 11) is 1.44. The number of aldehydes is 1. The van der Waals surface area contributed by atoms with Crippen molar-refractivity contribution in [2.45, 2.75) is 65.7 Å². The van der Waals surface area contributed by atoms with Gasteiger partial charge in [-0.2, -0.15) is 4.89 Å². The quantitative estimate of drug-likeness (QED) is 0.347. The Morgan fingerprint density at radius 3 is 2.17 bits per heavy atom. The number of carbonyl (C=O) groups is 3. The Hall–Kier alpha value is -2.41. The summed E-state index contributed by atoms with van der Waals surface area (Å²) in [6.07, 6.45) is 0.129. The summed E-state index contributed by atoms with van der Waals surface area (Å²) in [5.41, 5.74) is -1.50. The van der Waals surface area contributed by atoms with Gasteiger partial charge in [-0.3, -0.25) is 9.79 Å². The van der Waals surface area contributed by atoms with Crippen LogP contribution in [0.15, 0.2) is 30.3 Å². The molecule has 0 spiro atoms. The predicted molar refractivity (Wildman–Crippen MR) is 109 cm³/mol. The number of nitrogens with zero attached hydrogens (tertiary/aromatic N) is 1. The second kappa shape index (κ2) is 10.4. The molecule has 7 heteroatoms. The van der Waals surface area contributed by atoms with Gasteiger partial charge in [0, 0.05) is 13.0 Å². The Bertz CT molecular complexity index is 682. The summed E-state index contributed by atoms with van der Waals surface area (Å²) in [5.74, 6) is -1.66. The van der Waals surface area contributed by atoms with E-state index in [0.717, 1.165) is 10.5 Å². The number of likely N-dealkylation sites (N-methyl/N-ethyl adjacent to an activating group) is 1. The van der Waals surface area contributed by atoms with Crippen LogP contribution in [0.2, 0.25) is 0 Å². The highest BCUT2D eigenvalue weighted by molar-refractivity contribution is 5.89. The number of hydrogen-bond donors (Lipinski definition) is 0. The lowest BCUT2D eigenvalue weighted by molar-refractivity contribution is -0.290. The van der Waals surface area contributed by atoms with E-state index in [9.17, 15) is 14.4 Å². The molecule has 29 heavy (non-hydrogen) atoms. The van der Waals surface area contributed by atoms with E-state index in [1.807, 2.05) is 44.2 Å². The van der Waals surface area contributed by atoms with Crippen molar-refractivity contribution in [1.29, 1.82) is 0 Å². The number of benzene rings is 1. The molecule has 0 aromatic heterocycles. The zero-order valence-corrected chi connectivity index (χ0v) is 18.4. The van der Waals surface area contributed by atoms with E-state index >= 15 is 0 Å². The van der Waals surface area contributed by atoms with Crippen LogP contribution >= 0.6 is 0 Å². The average Bonchev–Trinajstić information content (AvgIpc) is 2.64. The van der Waals surface area contributed by atoms with Gasteiger partial charge in [-0.05, 0) is 38.7 Å². The molecule has 0 radical (unpaired) electrons. The summed E-state index contributed by atoms with van der Waals surface area (Å²) in [4.78, 5) is 49.0. The molecule has 1 amide bonds. The summed E-state index contributed by atoms with van der Waals surface area (Å²) < 4.78 is 5.43. The van der Waals surface area contributed by atoms with Crippen LogP contribution in [-0.2, 0) is 30.7 Å². The van der Waals surface area contributed by atoms with Crippen LogP contribution in [0.1, 0.15) is 53.5 Å². The van der Waals surface area contributed by atoms with E-state index in [-0.39, 0.29) is 18.9 Å². The largest absolute Gasteiger partial charge is 0.444 e. The van der Waals surface area contributed by atoms with Crippen molar-refractivity contribution in [2.75, 3.05) is 7.05 Å². The average molecular weight is 408 g/mol. The van der Waals surface area contributed by atoms with Crippen molar-refractivity contribution >= 4 is 18.3 Å². The highest BCUT2D eigenvalue weighted by Crippen LogP contribution is 2.33. The number of amides is 1. The normalized spacial score (nSPS) is 14.6. The predicted octanol–water partition coefficient (Wildman–Crippen LogP) is 4.15. The molecule has 7 nitrogen and oxygen atoms in total. The molecule has 162 valence electrons. The van der Waals surface area contributed by atoms with Crippen molar-refractivity contribution < 1.29 is 28.9 Å². The van der Waals surface area contributed by atoms with Crippen LogP contribution in [-0.4, -0.2) is 41.4 Å². The Balaban J connectivity index is 3.13. The van der Waals surface area contributed by atoms with E-state index < -0.39 is 29.1 Å². The summed E-state index contributed by atoms with van der Waals surface area (Å²) in [6, 6.07) is 9.21. The Kier molecular flexibility index (Phi) is 8.82. The zero-order chi connectivity index (χ0) is 22.2. The molecule has 0 saturated heterocycles. The van der Waals surface area contributed by atoms with E-state index in [4.69, 9.17) is 14.5 Å². The molecule has 0 heterocycles. The first-order valence-corrected chi connectivity index (χ1v) is 9.74. The second-order valence-electron chi connectivity index (χ2n) is 8.60. The molecular formula is C22H33NO6. The van der Waals surface area contributed by atoms with Gasteiger partial charge in [0.2, 0.25) is 0 Å². The fourth-order valence-electron chi connectivity index (χ4n) is 3.06. The fraction of sp³-hybridized carbons (Fsp3) is 0.591. The first kappa shape index (κ1) is 24.6. The standard InChI is InChI=1S/C22H33NO6/c1-16(2)13-22(17(3)14-24,23(7)20(26)28-21(4,5)6)19(25)29-27-15-18-11-9-8-10-12-18/h8-12,14,16-17H,13,15H2,1-7H3/t17?,22-/m0/s1. The van der Waals surface area contributed by atoms with Crippen LogP contribution in [0.3, 0.4) is 0 Å². The van der Waals surface area contributed by atoms with Crippen molar-refractivity contribution in [3.63, 3.8) is 0 Å². The maximum Gasteiger partial charge on any atom is 0.411 e. The maximum atomic E-state index is 13.1. The fourth-order valence-corrected chi connectivity index (χ4v) is 3.06. The minimum Gasteiger partial charge on any atom is -0.444 e. The zero-order valence-electron chi connectivity index (χ0n) is 18.4. The number of ether oxygens (including phenoxy) is 1. The van der Waals surface area contributed by atoms with Gasteiger partial charge in [0.1, 0.15) is 18.5 Å². The van der Waals surface area contributed by atoms with Crippen molar-refractivity contribution in [1.82, 2.24) is 4.90 Å². The van der Waals surface area contributed by atoms with Crippen LogP contribution in [0.25, 0.3) is 0 Å². The molecule has 0 saturated carbocycles. The molecule has 1 rings (SSSR count). The van der Waals surface area contributed by atoms with Gasteiger partial charge in [-0.1, -0.05) is 51.1 Å². The lowest BCUT2D eigenvalue weighted by Crippen LogP contribution is -2.61. The second-order valence-corrected chi connectivity index (χ2v) is 8.60. The maximum absolute atomic E-state index is 13.1. The summed E-state index contributed by atoms with van der Waals surface area (Å²) >= 11 is 0. The van der Waals surface area contributed by atoms with Gasteiger partial charge in [-0.25, -0.2) is 9.59 Å². The van der Waals surface area contributed by atoms with Crippen molar-refractivity contribution in [3.8, 4) is 0 Å². The van der Waals surface area contributed by atoms with Crippen molar-refractivity contribution in [2.24, 2.45) is 11.8 Å². The van der Waals surface area contributed by atoms with E-state index in [1.54, 1.807) is 27.7 Å². The lowest BCUT2D eigenvalue weighted by atomic mass is 9.78. The summed E-state index contributed by atoms with van der Waals surface area (Å²) in [6.45, 7) is 10.6. The number of rotatable bonds is 9. The highest BCUT2D eigenvalue weighted by Gasteiger charge is 2.52. The minimum absolute atomic E-state index is 0.0102. The lowest BCUT2D eigenvalue weighted by Gasteiger charge is -2.42.